The number of carbonyl (C=O) groups is 1. The Hall–Kier alpha value is -1.49. The predicted molar refractivity (Wildman–Crippen MR) is 82.8 cm³/mol. The van der Waals surface area contributed by atoms with Crippen molar-refractivity contribution in [3.63, 3.8) is 0 Å². The van der Waals surface area contributed by atoms with E-state index in [1.807, 2.05) is 13.8 Å². The minimum Gasteiger partial charge on any atom is -0.337 e. The van der Waals surface area contributed by atoms with E-state index in [2.05, 4.69) is 4.90 Å². The molecule has 3 nitrogen and oxygen atoms in total. The largest absolute Gasteiger partial charge is 0.337 e. The highest BCUT2D eigenvalue weighted by Crippen LogP contribution is 2.20. The first kappa shape index (κ1) is 16.9. The molecular formula is C17H24F2N2O. The Morgan fingerprint density at radius 2 is 1.77 bits per heavy atom. The standard InChI is InChI=1S/C17H24F2N2O/c1-12(2)15(11-21-9-4-5-10-21)20(3)17(22)16-13(18)7-6-8-14(16)19/h6-8,12,15H,4-5,9-11H2,1-3H3/t15-/m1/s1. The van der Waals surface area contributed by atoms with E-state index in [1.165, 1.54) is 23.8 Å². The average Bonchev–Trinajstić information content (AvgIpc) is 2.96. The van der Waals surface area contributed by atoms with Gasteiger partial charge in [-0.15, -0.1) is 0 Å². The summed E-state index contributed by atoms with van der Waals surface area (Å²) in [5.74, 6) is -1.99. The van der Waals surface area contributed by atoms with E-state index in [1.54, 1.807) is 7.05 Å². The first-order chi connectivity index (χ1) is 10.4. The molecule has 0 saturated carbocycles. The smallest absolute Gasteiger partial charge is 0.259 e. The van der Waals surface area contributed by atoms with Crippen molar-refractivity contribution in [2.45, 2.75) is 32.7 Å². The maximum absolute atomic E-state index is 13.8. The second kappa shape index (κ2) is 7.18. The van der Waals surface area contributed by atoms with Gasteiger partial charge in [0.2, 0.25) is 0 Å². The Balaban J connectivity index is 2.18. The zero-order valence-electron chi connectivity index (χ0n) is 13.5. The molecule has 0 aliphatic carbocycles. The highest BCUT2D eigenvalue weighted by molar-refractivity contribution is 5.94. The van der Waals surface area contributed by atoms with Crippen LogP contribution < -0.4 is 0 Å². The minimum atomic E-state index is -0.805. The molecule has 1 aromatic carbocycles. The fraction of sp³-hybridized carbons (Fsp3) is 0.588. The number of carbonyl (C=O) groups excluding carboxylic acids is 1. The molecule has 1 saturated heterocycles. The molecule has 0 bridgehead atoms. The van der Waals surface area contributed by atoms with Crippen LogP contribution in [0.1, 0.15) is 37.0 Å². The van der Waals surface area contributed by atoms with Gasteiger partial charge in [0, 0.05) is 19.6 Å². The lowest BCUT2D eigenvalue weighted by molar-refractivity contribution is 0.0632. The summed E-state index contributed by atoms with van der Waals surface area (Å²) in [6.45, 7) is 6.86. The number of nitrogens with zero attached hydrogens (tertiary/aromatic N) is 2. The van der Waals surface area contributed by atoms with Gasteiger partial charge in [-0.05, 0) is 44.0 Å². The molecule has 0 aromatic heterocycles. The van der Waals surface area contributed by atoms with E-state index in [9.17, 15) is 13.6 Å². The third-order valence-corrected chi connectivity index (χ3v) is 4.41. The third-order valence-electron chi connectivity index (χ3n) is 4.41. The Labute approximate surface area is 130 Å². The van der Waals surface area contributed by atoms with Crippen molar-refractivity contribution in [1.29, 1.82) is 0 Å². The van der Waals surface area contributed by atoms with Crippen LogP contribution in [0.3, 0.4) is 0 Å². The zero-order valence-corrected chi connectivity index (χ0v) is 13.5. The lowest BCUT2D eigenvalue weighted by Crippen LogP contribution is -2.47. The summed E-state index contributed by atoms with van der Waals surface area (Å²) in [4.78, 5) is 16.3. The van der Waals surface area contributed by atoms with Crippen molar-refractivity contribution < 1.29 is 13.6 Å². The lowest BCUT2D eigenvalue weighted by Gasteiger charge is -2.34. The summed E-state index contributed by atoms with van der Waals surface area (Å²) >= 11 is 0. The maximum Gasteiger partial charge on any atom is 0.259 e. The molecule has 1 heterocycles. The molecule has 1 amide bonds. The monoisotopic (exact) mass is 310 g/mol. The van der Waals surface area contributed by atoms with Crippen LogP contribution in [0, 0.1) is 17.6 Å². The highest BCUT2D eigenvalue weighted by atomic mass is 19.1. The molecule has 122 valence electrons. The number of likely N-dealkylation sites (tertiary alicyclic amines) is 1. The first-order valence-electron chi connectivity index (χ1n) is 7.85. The summed E-state index contributed by atoms with van der Waals surface area (Å²) in [5, 5.41) is 0. The van der Waals surface area contributed by atoms with Crippen molar-refractivity contribution in [1.82, 2.24) is 9.80 Å². The van der Waals surface area contributed by atoms with Gasteiger partial charge in [0.05, 0.1) is 0 Å². The van der Waals surface area contributed by atoms with Gasteiger partial charge in [-0.3, -0.25) is 4.79 Å². The molecule has 22 heavy (non-hydrogen) atoms. The van der Waals surface area contributed by atoms with Crippen LogP contribution in [-0.2, 0) is 0 Å². The van der Waals surface area contributed by atoms with Gasteiger partial charge < -0.3 is 9.80 Å². The summed E-state index contributed by atoms with van der Waals surface area (Å²) < 4.78 is 27.7. The van der Waals surface area contributed by atoms with Crippen LogP contribution in [0.4, 0.5) is 8.78 Å². The summed E-state index contributed by atoms with van der Waals surface area (Å²) in [5.41, 5.74) is -0.461. The predicted octanol–water partition coefficient (Wildman–Crippen LogP) is 3.16. The van der Waals surface area contributed by atoms with Crippen molar-refractivity contribution in [2.24, 2.45) is 5.92 Å². The van der Waals surface area contributed by atoms with Crippen LogP contribution in [0.15, 0.2) is 18.2 Å². The minimum absolute atomic E-state index is 0.0652. The van der Waals surface area contributed by atoms with Gasteiger partial charge in [0.1, 0.15) is 17.2 Å². The zero-order chi connectivity index (χ0) is 16.3. The van der Waals surface area contributed by atoms with Crippen LogP contribution in [0.25, 0.3) is 0 Å². The van der Waals surface area contributed by atoms with Crippen LogP contribution in [0.5, 0.6) is 0 Å². The quantitative estimate of drug-likeness (QED) is 0.834. The highest BCUT2D eigenvalue weighted by Gasteiger charge is 2.29. The second-order valence-corrected chi connectivity index (χ2v) is 6.33. The third kappa shape index (κ3) is 3.64. The molecule has 0 unspecified atom stereocenters. The Kier molecular flexibility index (Phi) is 5.51. The van der Waals surface area contributed by atoms with Gasteiger partial charge in [-0.1, -0.05) is 19.9 Å². The topological polar surface area (TPSA) is 23.6 Å². The Morgan fingerprint density at radius 3 is 2.27 bits per heavy atom. The number of benzene rings is 1. The van der Waals surface area contributed by atoms with E-state index in [-0.39, 0.29) is 12.0 Å². The van der Waals surface area contributed by atoms with Crippen molar-refractivity contribution >= 4 is 5.91 Å². The first-order valence-corrected chi connectivity index (χ1v) is 7.85. The lowest BCUT2D eigenvalue weighted by atomic mass is 10.0. The number of amides is 1. The van der Waals surface area contributed by atoms with E-state index in [0.29, 0.717) is 0 Å². The summed E-state index contributed by atoms with van der Waals surface area (Å²) in [7, 11) is 1.63. The van der Waals surface area contributed by atoms with E-state index < -0.39 is 23.1 Å². The molecular weight excluding hydrogens is 286 g/mol. The van der Waals surface area contributed by atoms with Crippen LogP contribution in [0.2, 0.25) is 0 Å². The molecule has 0 spiro atoms. The molecule has 1 aliphatic rings. The summed E-state index contributed by atoms with van der Waals surface area (Å²) in [6.07, 6.45) is 2.34. The fourth-order valence-electron chi connectivity index (χ4n) is 3.04. The van der Waals surface area contributed by atoms with Crippen molar-refractivity contribution in [3.8, 4) is 0 Å². The van der Waals surface area contributed by atoms with Gasteiger partial charge in [0.15, 0.2) is 0 Å². The average molecular weight is 310 g/mol. The molecule has 0 N–H and O–H groups in total. The molecule has 1 fully saturated rings. The number of hydrogen-bond donors (Lipinski definition) is 0. The maximum atomic E-state index is 13.8. The number of likely N-dealkylation sites (N-methyl/N-ethyl adjacent to an activating group) is 1. The van der Waals surface area contributed by atoms with E-state index in [0.717, 1.165) is 31.8 Å². The molecule has 1 aromatic rings. The second-order valence-electron chi connectivity index (χ2n) is 6.33. The van der Waals surface area contributed by atoms with Gasteiger partial charge >= 0.3 is 0 Å². The number of halogens is 2. The fourth-order valence-corrected chi connectivity index (χ4v) is 3.04. The molecule has 2 rings (SSSR count). The molecule has 5 heteroatoms. The normalized spacial score (nSPS) is 17.0. The Morgan fingerprint density at radius 1 is 1.23 bits per heavy atom. The van der Waals surface area contributed by atoms with E-state index >= 15 is 0 Å². The van der Waals surface area contributed by atoms with Gasteiger partial charge in [0.25, 0.3) is 5.91 Å². The van der Waals surface area contributed by atoms with Crippen molar-refractivity contribution in [2.75, 3.05) is 26.7 Å². The number of rotatable bonds is 5. The van der Waals surface area contributed by atoms with Crippen LogP contribution >= 0.6 is 0 Å². The summed E-state index contributed by atoms with van der Waals surface area (Å²) in [6, 6.07) is 3.44. The molecule has 1 atom stereocenters. The van der Waals surface area contributed by atoms with Gasteiger partial charge in [-0.25, -0.2) is 8.78 Å². The van der Waals surface area contributed by atoms with Gasteiger partial charge in [-0.2, -0.15) is 0 Å². The molecule has 1 aliphatic heterocycles. The van der Waals surface area contributed by atoms with Crippen LogP contribution in [-0.4, -0.2) is 48.4 Å². The number of hydrogen-bond acceptors (Lipinski definition) is 2. The SMILES string of the molecule is CC(C)[C@@H](CN1CCCC1)N(C)C(=O)c1c(F)cccc1F. The Bertz CT molecular complexity index is 507. The molecule has 0 radical (unpaired) electrons. The van der Waals surface area contributed by atoms with E-state index in [4.69, 9.17) is 0 Å². The van der Waals surface area contributed by atoms with Crippen molar-refractivity contribution in [3.05, 3.63) is 35.4 Å².